The van der Waals surface area contributed by atoms with Crippen molar-refractivity contribution in [3.8, 4) is 28.3 Å². The number of carbonyl (C=O) groups is 2. The van der Waals surface area contributed by atoms with Crippen LogP contribution in [0.3, 0.4) is 0 Å². The molecule has 0 radical (unpaired) electrons. The minimum Gasteiger partial charge on any atom is -0.496 e. The van der Waals surface area contributed by atoms with Gasteiger partial charge in [0.15, 0.2) is 0 Å². The second kappa shape index (κ2) is 12.5. The standard InChI is InChI=1S/C36H36ClN3O4/c1-6-9-29(26-10-7-8-11-32(26)44-5)40-34(41)21-12-15-24(28(18-21)35(42)43)27-20-23(37)14-16-25(27)33-38-30-17-13-22(36(2,3)4)19-31(30)39-33/h7-8,10-20,29H,6,9H2,1-5H3,(H,38,39)(H,40,41)(H,42,43). The van der Waals surface area contributed by atoms with E-state index >= 15 is 0 Å². The molecule has 1 amide bonds. The zero-order valence-corrected chi connectivity index (χ0v) is 26.3. The maximum Gasteiger partial charge on any atom is 0.336 e. The first-order valence-corrected chi connectivity index (χ1v) is 15.0. The van der Waals surface area contributed by atoms with Gasteiger partial charge in [-0.2, -0.15) is 0 Å². The molecule has 44 heavy (non-hydrogen) atoms. The number of amides is 1. The average molecular weight is 610 g/mol. The number of ether oxygens (including phenoxy) is 1. The van der Waals surface area contributed by atoms with Crippen molar-refractivity contribution in [2.24, 2.45) is 0 Å². The molecule has 0 aliphatic rings. The number of hydrogen-bond acceptors (Lipinski definition) is 4. The molecule has 5 rings (SSSR count). The smallest absolute Gasteiger partial charge is 0.336 e. The topological polar surface area (TPSA) is 104 Å². The third-order valence-corrected chi connectivity index (χ3v) is 8.02. The molecule has 1 atom stereocenters. The molecule has 0 spiro atoms. The Morgan fingerprint density at radius 1 is 0.977 bits per heavy atom. The lowest BCUT2D eigenvalue weighted by atomic mass is 9.87. The van der Waals surface area contributed by atoms with Crippen LogP contribution in [-0.4, -0.2) is 34.1 Å². The minimum atomic E-state index is -1.16. The number of para-hydroxylation sites is 1. The maximum absolute atomic E-state index is 13.5. The van der Waals surface area contributed by atoms with Crippen LogP contribution < -0.4 is 10.1 Å². The van der Waals surface area contributed by atoms with Gasteiger partial charge in [-0.1, -0.05) is 76.0 Å². The van der Waals surface area contributed by atoms with Gasteiger partial charge in [-0.05, 0) is 77.1 Å². The largest absolute Gasteiger partial charge is 0.496 e. The van der Waals surface area contributed by atoms with E-state index in [0.29, 0.717) is 39.7 Å². The van der Waals surface area contributed by atoms with E-state index in [-0.39, 0.29) is 28.5 Å². The van der Waals surface area contributed by atoms with Gasteiger partial charge in [0.2, 0.25) is 0 Å². The summed E-state index contributed by atoms with van der Waals surface area (Å²) in [6.07, 6.45) is 1.52. The van der Waals surface area contributed by atoms with Gasteiger partial charge in [-0.25, -0.2) is 9.78 Å². The number of benzene rings is 4. The highest BCUT2D eigenvalue weighted by atomic mass is 35.5. The van der Waals surface area contributed by atoms with Crippen molar-refractivity contribution in [1.82, 2.24) is 15.3 Å². The Bertz CT molecular complexity index is 1850. The number of fused-ring (bicyclic) bond motifs is 1. The van der Waals surface area contributed by atoms with Gasteiger partial charge in [-0.3, -0.25) is 4.79 Å². The number of carboxylic acids is 1. The summed E-state index contributed by atoms with van der Waals surface area (Å²) in [6, 6.07) is 23.4. The zero-order chi connectivity index (χ0) is 31.6. The Hall–Kier alpha value is -4.62. The quantitative estimate of drug-likeness (QED) is 0.155. The lowest BCUT2D eigenvalue weighted by Gasteiger charge is -2.21. The number of imidazole rings is 1. The molecule has 3 N–H and O–H groups in total. The number of aromatic carboxylic acids is 1. The van der Waals surface area contributed by atoms with Crippen LogP contribution in [0.1, 0.15) is 78.4 Å². The van der Waals surface area contributed by atoms with Crippen LogP contribution in [0.15, 0.2) is 78.9 Å². The fraction of sp³-hybridized carbons (Fsp3) is 0.250. The number of aromatic nitrogens is 2. The van der Waals surface area contributed by atoms with Crippen LogP contribution in [0.25, 0.3) is 33.5 Å². The monoisotopic (exact) mass is 609 g/mol. The summed E-state index contributed by atoms with van der Waals surface area (Å²) in [7, 11) is 1.60. The number of nitrogens with one attached hydrogen (secondary N) is 2. The summed E-state index contributed by atoms with van der Waals surface area (Å²) in [5.41, 5.74) is 5.62. The molecule has 0 saturated carbocycles. The van der Waals surface area contributed by atoms with Crippen molar-refractivity contribution in [1.29, 1.82) is 0 Å². The fourth-order valence-electron chi connectivity index (χ4n) is 5.43. The predicted octanol–water partition coefficient (Wildman–Crippen LogP) is 8.83. The van der Waals surface area contributed by atoms with E-state index in [1.54, 1.807) is 31.4 Å². The average Bonchev–Trinajstić information content (AvgIpc) is 3.43. The Morgan fingerprint density at radius 2 is 1.73 bits per heavy atom. The van der Waals surface area contributed by atoms with Crippen molar-refractivity contribution >= 4 is 34.5 Å². The predicted molar refractivity (Wildman–Crippen MR) is 176 cm³/mol. The van der Waals surface area contributed by atoms with Gasteiger partial charge in [0.1, 0.15) is 11.6 Å². The van der Waals surface area contributed by atoms with Gasteiger partial charge in [0, 0.05) is 21.7 Å². The van der Waals surface area contributed by atoms with E-state index in [2.05, 4.69) is 43.2 Å². The van der Waals surface area contributed by atoms with Gasteiger partial charge >= 0.3 is 5.97 Å². The molecule has 5 aromatic rings. The molecule has 0 aliphatic heterocycles. The van der Waals surface area contributed by atoms with E-state index in [9.17, 15) is 14.7 Å². The van der Waals surface area contributed by atoms with Gasteiger partial charge in [-0.15, -0.1) is 0 Å². The molecule has 7 nitrogen and oxygen atoms in total. The fourth-order valence-corrected chi connectivity index (χ4v) is 5.61. The van der Waals surface area contributed by atoms with Gasteiger partial charge in [0.25, 0.3) is 5.91 Å². The third-order valence-electron chi connectivity index (χ3n) is 7.79. The maximum atomic E-state index is 13.5. The summed E-state index contributed by atoms with van der Waals surface area (Å²) in [5.74, 6) is -0.256. The second-order valence-electron chi connectivity index (χ2n) is 11.9. The molecule has 8 heteroatoms. The first-order chi connectivity index (χ1) is 21.0. The van der Waals surface area contributed by atoms with E-state index in [4.69, 9.17) is 21.3 Å². The molecule has 1 heterocycles. The molecular weight excluding hydrogens is 574 g/mol. The summed E-state index contributed by atoms with van der Waals surface area (Å²) < 4.78 is 5.52. The van der Waals surface area contributed by atoms with E-state index in [1.807, 2.05) is 43.3 Å². The number of carboxylic acid groups (broad SMARTS) is 1. The molecule has 1 aromatic heterocycles. The SMILES string of the molecule is CCCC(NC(=O)c1ccc(-c2cc(Cl)ccc2-c2nc3cc(C(C)(C)C)ccc3[nH]2)c(C(=O)O)c1)c1ccccc1OC. The first kappa shape index (κ1) is 30.8. The number of methoxy groups -OCH3 is 1. The lowest BCUT2D eigenvalue weighted by molar-refractivity contribution is 0.0697. The molecular formula is C36H36ClN3O4. The van der Waals surface area contributed by atoms with Crippen molar-refractivity contribution < 1.29 is 19.4 Å². The minimum absolute atomic E-state index is 0.0170. The van der Waals surface area contributed by atoms with Crippen molar-refractivity contribution in [2.75, 3.05) is 7.11 Å². The number of H-pyrrole nitrogens is 1. The number of aromatic amines is 1. The molecule has 0 fully saturated rings. The van der Waals surface area contributed by atoms with Gasteiger partial charge in [0.05, 0.1) is 29.7 Å². The molecule has 1 unspecified atom stereocenters. The molecule has 4 aromatic carbocycles. The Morgan fingerprint density at radius 3 is 2.43 bits per heavy atom. The van der Waals surface area contributed by atoms with Crippen molar-refractivity contribution in [2.45, 2.75) is 52.0 Å². The van der Waals surface area contributed by atoms with Crippen LogP contribution in [0.2, 0.25) is 5.02 Å². The van der Waals surface area contributed by atoms with Crippen LogP contribution in [-0.2, 0) is 5.41 Å². The van der Waals surface area contributed by atoms with E-state index in [0.717, 1.165) is 28.6 Å². The van der Waals surface area contributed by atoms with Crippen molar-refractivity contribution in [3.63, 3.8) is 0 Å². The molecule has 0 aliphatic carbocycles. The number of rotatable bonds is 9. The highest BCUT2D eigenvalue weighted by Gasteiger charge is 2.23. The summed E-state index contributed by atoms with van der Waals surface area (Å²) >= 11 is 6.43. The first-order valence-electron chi connectivity index (χ1n) is 14.6. The van der Waals surface area contributed by atoms with Crippen LogP contribution >= 0.6 is 11.6 Å². The molecule has 226 valence electrons. The second-order valence-corrected chi connectivity index (χ2v) is 12.3. The highest BCUT2D eigenvalue weighted by Crippen LogP contribution is 2.37. The van der Waals surface area contributed by atoms with Crippen LogP contribution in [0.4, 0.5) is 0 Å². The summed E-state index contributed by atoms with van der Waals surface area (Å²) in [4.78, 5) is 34.3. The number of carbonyl (C=O) groups excluding carboxylic acids is 1. The molecule has 0 bridgehead atoms. The number of nitrogens with zero attached hydrogens (tertiary/aromatic N) is 1. The number of halogens is 1. The highest BCUT2D eigenvalue weighted by molar-refractivity contribution is 6.31. The lowest BCUT2D eigenvalue weighted by Crippen LogP contribution is -2.29. The zero-order valence-electron chi connectivity index (χ0n) is 25.5. The molecule has 0 saturated heterocycles. The van der Waals surface area contributed by atoms with Crippen LogP contribution in [0.5, 0.6) is 5.75 Å². The third kappa shape index (κ3) is 6.33. The summed E-state index contributed by atoms with van der Waals surface area (Å²) in [5, 5.41) is 13.8. The van der Waals surface area contributed by atoms with E-state index in [1.165, 1.54) is 6.07 Å². The Balaban J connectivity index is 1.54. The Labute approximate surface area is 262 Å². The Kier molecular flexibility index (Phi) is 8.79. The number of hydrogen-bond donors (Lipinski definition) is 3. The normalized spacial score (nSPS) is 12.2. The van der Waals surface area contributed by atoms with E-state index < -0.39 is 5.97 Å². The van der Waals surface area contributed by atoms with Gasteiger partial charge < -0.3 is 20.1 Å². The van der Waals surface area contributed by atoms with Crippen LogP contribution in [0, 0.1) is 0 Å². The van der Waals surface area contributed by atoms with Crippen molar-refractivity contribution in [3.05, 3.63) is 106 Å². The summed E-state index contributed by atoms with van der Waals surface area (Å²) in [6.45, 7) is 8.50.